The highest BCUT2D eigenvalue weighted by atomic mass is 79.9. The molecule has 0 spiro atoms. The summed E-state index contributed by atoms with van der Waals surface area (Å²) in [6.07, 6.45) is 5.30. The molecule has 20 heavy (non-hydrogen) atoms. The van der Waals surface area contributed by atoms with Gasteiger partial charge in [0.2, 0.25) is 0 Å². The normalized spacial score (nSPS) is 10.8. The van der Waals surface area contributed by atoms with E-state index in [-0.39, 0.29) is 5.91 Å². The summed E-state index contributed by atoms with van der Waals surface area (Å²) in [5, 5.41) is 6.99. The highest BCUT2D eigenvalue weighted by Gasteiger charge is 2.13. The average Bonchev–Trinajstić information content (AvgIpc) is 3.02. The topological polar surface area (TPSA) is 61.1 Å². The van der Waals surface area contributed by atoms with Crippen LogP contribution < -0.4 is 5.32 Å². The lowest BCUT2D eigenvalue weighted by Crippen LogP contribution is -2.16. The Morgan fingerprint density at radius 1 is 1.50 bits per heavy atom. The fourth-order valence-corrected chi connectivity index (χ4v) is 2.32. The summed E-state index contributed by atoms with van der Waals surface area (Å²) in [6.45, 7) is 3.97. The van der Waals surface area contributed by atoms with Gasteiger partial charge in [0.15, 0.2) is 0 Å². The zero-order valence-corrected chi connectivity index (χ0v) is 13.1. The van der Waals surface area contributed by atoms with Crippen LogP contribution in [-0.4, -0.2) is 34.0 Å². The van der Waals surface area contributed by atoms with Crippen LogP contribution in [0.4, 0.5) is 5.69 Å². The minimum atomic E-state index is -0.149. The van der Waals surface area contributed by atoms with Gasteiger partial charge in [0, 0.05) is 30.5 Å². The van der Waals surface area contributed by atoms with Crippen LogP contribution in [0, 0.1) is 0 Å². The van der Waals surface area contributed by atoms with Crippen molar-refractivity contribution in [2.45, 2.75) is 20.0 Å². The number of ether oxygens (including phenoxy) is 1. The van der Waals surface area contributed by atoms with Gasteiger partial charge in [-0.3, -0.25) is 9.48 Å². The van der Waals surface area contributed by atoms with Crippen molar-refractivity contribution in [3.8, 4) is 0 Å². The van der Waals surface area contributed by atoms with E-state index in [1.54, 1.807) is 30.3 Å². The fourth-order valence-electron chi connectivity index (χ4n) is 1.86. The average molecular weight is 341 g/mol. The molecule has 1 N–H and O–H groups in total. The van der Waals surface area contributed by atoms with Crippen LogP contribution in [0.2, 0.25) is 0 Å². The standard InChI is InChI=1S/C13H17BrN4O2/c1-3-17-8-10(14)6-12(17)13(19)16-11-7-15-18(9-11)4-5-20-2/h6-9H,3-5H2,1-2H3,(H,16,19). The minimum Gasteiger partial charge on any atom is -0.383 e. The second-order valence-corrected chi connectivity index (χ2v) is 5.18. The zero-order chi connectivity index (χ0) is 14.5. The molecule has 1 amide bonds. The molecule has 6 nitrogen and oxygen atoms in total. The Hall–Kier alpha value is -1.60. The van der Waals surface area contributed by atoms with Crippen LogP contribution in [0.25, 0.3) is 0 Å². The van der Waals surface area contributed by atoms with E-state index in [0.29, 0.717) is 24.5 Å². The zero-order valence-electron chi connectivity index (χ0n) is 11.5. The van der Waals surface area contributed by atoms with Crippen molar-refractivity contribution in [1.29, 1.82) is 0 Å². The van der Waals surface area contributed by atoms with Crippen molar-refractivity contribution in [3.63, 3.8) is 0 Å². The monoisotopic (exact) mass is 340 g/mol. The Morgan fingerprint density at radius 3 is 3.00 bits per heavy atom. The second kappa shape index (κ2) is 6.71. The summed E-state index contributed by atoms with van der Waals surface area (Å²) in [6, 6.07) is 1.80. The third-order valence-corrected chi connectivity index (χ3v) is 3.29. The number of rotatable bonds is 6. The lowest BCUT2D eigenvalue weighted by Gasteiger charge is -2.05. The molecule has 2 aromatic heterocycles. The molecule has 0 fully saturated rings. The molecular formula is C13H17BrN4O2. The number of carbonyl (C=O) groups is 1. The number of carbonyl (C=O) groups excluding carboxylic acids is 1. The molecule has 2 heterocycles. The number of hydrogen-bond acceptors (Lipinski definition) is 3. The van der Waals surface area contributed by atoms with Gasteiger partial charge in [0.25, 0.3) is 5.91 Å². The molecule has 0 aliphatic heterocycles. The maximum Gasteiger partial charge on any atom is 0.272 e. The van der Waals surface area contributed by atoms with Gasteiger partial charge in [-0.15, -0.1) is 0 Å². The number of hydrogen-bond donors (Lipinski definition) is 1. The van der Waals surface area contributed by atoms with Gasteiger partial charge in [-0.2, -0.15) is 5.10 Å². The molecule has 2 rings (SSSR count). The van der Waals surface area contributed by atoms with Gasteiger partial charge < -0.3 is 14.6 Å². The molecule has 0 aromatic carbocycles. The van der Waals surface area contributed by atoms with Crippen LogP contribution in [0.1, 0.15) is 17.4 Å². The molecule has 0 radical (unpaired) electrons. The molecule has 0 unspecified atom stereocenters. The molecule has 7 heteroatoms. The van der Waals surface area contributed by atoms with Crippen molar-refractivity contribution in [1.82, 2.24) is 14.3 Å². The first-order chi connectivity index (χ1) is 9.63. The Balaban J connectivity index is 2.05. The van der Waals surface area contributed by atoms with Gasteiger partial charge in [-0.05, 0) is 28.9 Å². The van der Waals surface area contributed by atoms with Crippen molar-refractivity contribution >= 4 is 27.5 Å². The van der Waals surface area contributed by atoms with Gasteiger partial charge in [-0.25, -0.2) is 0 Å². The fraction of sp³-hybridized carbons (Fsp3) is 0.385. The Morgan fingerprint density at radius 2 is 2.30 bits per heavy atom. The van der Waals surface area contributed by atoms with E-state index in [0.717, 1.165) is 11.0 Å². The smallest absolute Gasteiger partial charge is 0.272 e. The lowest BCUT2D eigenvalue weighted by molar-refractivity contribution is 0.101. The van der Waals surface area contributed by atoms with E-state index in [9.17, 15) is 4.79 Å². The molecule has 0 aliphatic carbocycles. The molecule has 2 aromatic rings. The van der Waals surface area contributed by atoms with E-state index in [1.165, 1.54) is 0 Å². The number of aromatic nitrogens is 3. The Kier molecular flexibility index (Phi) is 4.97. The number of anilines is 1. The lowest BCUT2D eigenvalue weighted by atomic mass is 10.4. The van der Waals surface area contributed by atoms with E-state index in [1.807, 2.05) is 17.7 Å². The summed E-state index contributed by atoms with van der Waals surface area (Å²) < 4.78 is 9.48. The minimum absolute atomic E-state index is 0.149. The van der Waals surface area contributed by atoms with Gasteiger partial charge in [0.1, 0.15) is 5.69 Å². The molecule has 0 saturated carbocycles. The first-order valence-electron chi connectivity index (χ1n) is 6.32. The van der Waals surface area contributed by atoms with E-state index in [2.05, 4.69) is 26.3 Å². The number of nitrogens with zero attached hydrogens (tertiary/aromatic N) is 3. The SMILES string of the molecule is CCn1cc(Br)cc1C(=O)Nc1cnn(CCOC)c1. The summed E-state index contributed by atoms with van der Waals surface area (Å²) in [5.74, 6) is -0.149. The predicted molar refractivity (Wildman–Crippen MR) is 79.9 cm³/mol. The number of nitrogens with one attached hydrogen (secondary N) is 1. The molecule has 108 valence electrons. The van der Waals surface area contributed by atoms with E-state index < -0.39 is 0 Å². The number of halogens is 1. The van der Waals surface area contributed by atoms with Crippen LogP contribution in [0.5, 0.6) is 0 Å². The highest BCUT2D eigenvalue weighted by molar-refractivity contribution is 9.10. The predicted octanol–water partition coefficient (Wildman–Crippen LogP) is 2.37. The molecule has 0 saturated heterocycles. The Bertz CT molecular complexity index is 591. The van der Waals surface area contributed by atoms with Crippen LogP contribution >= 0.6 is 15.9 Å². The third-order valence-electron chi connectivity index (χ3n) is 2.85. The number of amides is 1. The van der Waals surface area contributed by atoms with E-state index in [4.69, 9.17) is 4.74 Å². The third kappa shape index (κ3) is 3.49. The summed E-state index contributed by atoms with van der Waals surface area (Å²) >= 11 is 3.38. The molecule has 0 bridgehead atoms. The summed E-state index contributed by atoms with van der Waals surface area (Å²) in [5.41, 5.74) is 1.29. The maximum absolute atomic E-state index is 12.2. The van der Waals surface area contributed by atoms with E-state index >= 15 is 0 Å². The first-order valence-corrected chi connectivity index (χ1v) is 7.11. The van der Waals surface area contributed by atoms with Gasteiger partial charge >= 0.3 is 0 Å². The second-order valence-electron chi connectivity index (χ2n) is 4.27. The van der Waals surface area contributed by atoms with Gasteiger partial charge in [-0.1, -0.05) is 0 Å². The van der Waals surface area contributed by atoms with Crippen molar-refractivity contribution in [3.05, 3.63) is 34.8 Å². The molecule has 0 aliphatic rings. The largest absolute Gasteiger partial charge is 0.383 e. The maximum atomic E-state index is 12.2. The summed E-state index contributed by atoms with van der Waals surface area (Å²) in [7, 11) is 1.64. The van der Waals surface area contributed by atoms with Gasteiger partial charge in [0.05, 0.1) is 25.0 Å². The number of methoxy groups -OCH3 is 1. The first kappa shape index (κ1) is 14.8. The van der Waals surface area contributed by atoms with Crippen molar-refractivity contribution < 1.29 is 9.53 Å². The van der Waals surface area contributed by atoms with Crippen molar-refractivity contribution in [2.24, 2.45) is 0 Å². The highest BCUT2D eigenvalue weighted by Crippen LogP contribution is 2.16. The van der Waals surface area contributed by atoms with Crippen LogP contribution in [0.15, 0.2) is 29.1 Å². The van der Waals surface area contributed by atoms with Crippen LogP contribution in [-0.2, 0) is 17.8 Å². The summed E-state index contributed by atoms with van der Waals surface area (Å²) in [4.78, 5) is 12.2. The van der Waals surface area contributed by atoms with Crippen molar-refractivity contribution in [2.75, 3.05) is 19.0 Å². The molecular weight excluding hydrogens is 324 g/mol. The molecule has 0 atom stereocenters. The quantitative estimate of drug-likeness (QED) is 0.878. The van der Waals surface area contributed by atoms with Crippen LogP contribution in [0.3, 0.4) is 0 Å². The Labute approximate surface area is 125 Å². The number of aryl methyl sites for hydroxylation is 1.